The molecular formula is C37H44ClN3O7. The average Bonchev–Trinajstić information content (AvgIpc) is 3.72. The minimum Gasteiger partial charge on any atom is -0.463 e. The summed E-state index contributed by atoms with van der Waals surface area (Å²) in [6, 6.07) is 12.9. The van der Waals surface area contributed by atoms with E-state index in [0.29, 0.717) is 42.8 Å². The number of esters is 1. The van der Waals surface area contributed by atoms with Gasteiger partial charge in [0.25, 0.3) is 5.91 Å². The second kappa shape index (κ2) is 15.5. The zero-order valence-corrected chi connectivity index (χ0v) is 28.1. The van der Waals surface area contributed by atoms with Crippen molar-refractivity contribution in [3.63, 3.8) is 0 Å². The molecule has 6 atom stereocenters. The highest BCUT2D eigenvalue weighted by Crippen LogP contribution is 2.59. The smallest absolute Gasteiger partial charge is 0.306 e. The SMILES string of the molecule is C=CCCC(=O)OC[C@@H](NC(=O)[C@@H]1[C@H]2C(=O)N(CCCCO)[C@H](C(=O)N(CC=C)c3c(C)cccc3Cl)[C@]23CC[C@H]1O3)c1ccccc1. The normalized spacial score (nSPS) is 24.6. The van der Waals surface area contributed by atoms with Crippen molar-refractivity contribution in [1.29, 1.82) is 0 Å². The first-order valence-corrected chi connectivity index (χ1v) is 16.9. The number of para-hydroxylation sites is 1. The number of benzene rings is 2. The zero-order chi connectivity index (χ0) is 34.4. The molecule has 11 heteroatoms. The molecule has 10 nitrogen and oxygen atoms in total. The van der Waals surface area contributed by atoms with Gasteiger partial charge in [0.15, 0.2) is 0 Å². The maximum Gasteiger partial charge on any atom is 0.306 e. The quantitative estimate of drug-likeness (QED) is 0.150. The molecule has 0 unspecified atom stereocenters. The van der Waals surface area contributed by atoms with Crippen LogP contribution in [0.3, 0.4) is 0 Å². The Kier molecular flexibility index (Phi) is 11.4. The number of carbonyl (C=O) groups excluding carboxylic acids is 4. The molecule has 3 amide bonds. The summed E-state index contributed by atoms with van der Waals surface area (Å²) in [6.07, 6.45) is 5.16. The van der Waals surface area contributed by atoms with E-state index in [1.807, 2.05) is 49.4 Å². The van der Waals surface area contributed by atoms with E-state index < -0.39 is 47.5 Å². The van der Waals surface area contributed by atoms with Crippen molar-refractivity contribution >= 4 is 41.0 Å². The van der Waals surface area contributed by atoms with Gasteiger partial charge in [0.1, 0.15) is 18.2 Å². The van der Waals surface area contributed by atoms with Gasteiger partial charge in [-0.3, -0.25) is 19.2 Å². The molecule has 3 fully saturated rings. The first-order valence-electron chi connectivity index (χ1n) is 16.6. The predicted molar refractivity (Wildman–Crippen MR) is 182 cm³/mol. The van der Waals surface area contributed by atoms with E-state index in [0.717, 1.165) is 11.1 Å². The van der Waals surface area contributed by atoms with Crippen LogP contribution in [-0.4, -0.2) is 77.7 Å². The summed E-state index contributed by atoms with van der Waals surface area (Å²) in [5.41, 5.74) is 0.831. The Morgan fingerprint density at radius 3 is 2.62 bits per heavy atom. The number of aliphatic hydroxyl groups is 1. The van der Waals surface area contributed by atoms with Gasteiger partial charge in [0.2, 0.25) is 11.8 Å². The molecule has 2 N–H and O–H groups in total. The number of hydrogen-bond acceptors (Lipinski definition) is 7. The molecule has 2 aromatic carbocycles. The van der Waals surface area contributed by atoms with Gasteiger partial charge in [-0.05, 0) is 56.2 Å². The standard InChI is InChI=1S/C37H44ClN3O7/c1-4-6-17-29(43)47-23-27(25-14-8-7-9-15-25)39-34(44)30-28-18-19-37(48-28)31(30)35(45)41(21-10-11-22-42)33(37)36(46)40(20-5-2)32-24(3)13-12-16-26(32)38/h4-5,7-9,12-16,27-28,30-31,33,42H,1-2,6,10-11,17-23H2,3H3,(H,39,44)/t27-,28-,30+,31+,33-,37+/m1/s1. The van der Waals surface area contributed by atoms with Gasteiger partial charge in [-0.25, -0.2) is 0 Å². The Morgan fingerprint density at radius 1 is 1.17 bits per heavy atom. The number of amides is 3. The molecule has 48 heavy (non-hydrogen) atoms. The van der Waals surface area contributed by atoms with Crippen LogP contribution in [0.1, 0.15) is 55.7 Å². The summed E-state index contributed by atoms with van der Waals surface area (Å²) in [5, 5.41) is 13.0. The van der Waals surface area contributed by atoms with Gasteiger partial charge in [0.05, 0.1) is 34.7 Å². The van der Waals surface area contributed by atoms with Crippen LogP contribution in [-0.2, 0) is 28.7 Å². The lowest BCUT2D eigenvalue weighted by atomic mass is 9.70. The summed E-state index contributed by atoms with van der Waals surface area (Å²) >= 11 is 6.64. The number of unbranched alkanes of at least 4 members (excludes halogenated alkanes) is 1. The molecule has 2 aromatic rings. The van der Waals surface area contributed by atoms with Crippen molar-refractivity contribution < 1.29 is 33.8 Å². The number of carbonyl (C=O) groups is 4. The van der Waals surface area contributed by atoms with E-state index in [1.165, 1.54) is 0 Å². The predicted octanol–water partition coefficient (Wildman–Crippen LogP) is 4.68. The summed E-state index contributed by atoms with van der Waals surface area (Å²) < 4.78 is 12.2. The molecule has 3 aliphatic heterocycles. The molecule has 0 saturated carbocycles. The second-order valence-electron chi connectivity index (χ2n) is 12.6. The number of hydrogen-bond donors (Lipinski definition) is 2. The number of ether oxygens (including phenoxy) is 2. The lowest BCUT2D eigenvalue weighted by molar-refractivity contribution is -0.146. The van der Waals surface area contributed by atoms with Crippen molar-refractivity contribution in [2.75, 3.05) is 31.2 Å². The van der Waals surface area contributed by atoms with Crippen LogP contribution in [0, 0.1) is 18.8 Å². The van der Waals surface area contributed by atoms with Gasteiger partial charge >= 0.3 is 5.97 Å². The summed E-state index contributed by atoms with van der Waals surface area (Å²) in [4.78, 5) is 58.9. The minimum absolute atomic E-state index is 0.0563. The van der Waals surface area contributed by atoms with Gasteiger partial charge in [-0.1, -0.05) is 66.2 Å². The fraction of sp³-hybridized carbons (Fsp3) is 0.459. The third-order valence-corrected chi connectivity index (χ3v) is 9.97. The van der Waals surface area contributed by atoms with Crippen molar-refractivity contribution in [1.82, 2.24) is 10.2 Å². The van der Waals surface area contributed by atoms with Gasteiger partial charge in [-0.15, -0.1) is 13.2 Å². The van der Waals surface area contributed by atoms with Gasteiger partial charge in [-0.2, -0.15) is 0 Å². The molecule has 3 saturated heterocycles. The zero-order valence-electron chi connectivity index (χ0n) is 27.3. The summed E-state index contributed by atoms with van der Waals surface area (Å²) in [6.45, 7) is 9.59. The molecule has 0 radical (unpaired) electrons. The first-order chi connectivity index (χ1) is 23.2. The fourth-order valence-electron chi connectivity index (χ4n) is 7.54. The van der Waals surface area contributed by atoms with Gasteiger partial charge in [0, 0.05) is 26.1 Å². The Morgan fingerprint density at radius 2 is 1.94 bits per heavy atom. The van der Waals surface area contributed by atoms with Gasteiger partial charge < -0.3 is 29.7 Å². The maximum absolute atomic E-state index is 14.8. The Labute approximate surface area is 286 Å². The second-order valence-corrected chi connectivity index (χ2v) is 13.1. The molecule has 3 heterocycles. The largest absolute Gasteiger partial charge is 0.463 e. The van der Waals surface area contributed by atoms with Crippen LogP contribution in [0.5, 0.6) is 0 Å². The minimum atomic E-state index is -1.23. The fourth-order valence-corrected chi connectivity index (χ4v) is 7.87. The highest BCUT2D eigenvalue weighted by atomic mass is 35.5. The molecule has 5 rings (SSSR count). The molecule has 2 bridgehead atoms. The van der Waals surface area contributed by atoms with E-state index in [2.05, 4.69) is 18.5 Å². The van der Waals surface area contributed by atoms with Crippen molar-refractivity contribution in [2.24, 2.45) is 11.8 Å². The van der Waals surface area contributed by atoms with Crippen LogP contribution in [0.2, 0.25) is 5.02 Å². The molecule has 3 aliphatic rings. The molecule has 1 spiro atoms. The first kappa shape index (κ1) is 35.3. The number of rotatable bonds is 16. The van der Waals surface area contributed by atoms with Crippen molar-refractivity contribution in [2.45, 2.75) is 69.2 Å². The number of nitrogens with one attached hydrogen (secondary N) is 1. The molecule has 0 aromatic heterocycles. The van der Waals surface area contributed by atoms with Crippen molar-refractivity contribution in [3.8, 4) is 0 Å². The monoisotopic (exact) mass is 677 g/mol. The highest BCUT2D eigenvalue weighted by Gasteiger charge is 2.74. The number of anilines is 1. The Hall–Kier alpha value is -3.99. The summed E-state index contributed by atoms with van der Waals surface area (Å²) in [5.74, 6) is -3.25. The third kappa shape index (κ3) is 6.79. The lowest BCUT2D eigenvalue weighted by Gasteiger charge is -2.37. The number of aryl methyl sites for hydroxylation is 1. The number of fused-ring (bicyclic) bond motifs is 1. The number of allylic oxidation sites excluding steroid dienone is 1. The Balaban J connectivity index is 1.47. The van der Waals surface area contributed by atoms with E-state index >= 15 is 0 Å². The summed E-state index contributed by atoms with van der Waals surface area (Å²) in [7, 11) is 0. The van der Waals surface area contributed by atoms with Crippen LogP contribution < -0.4 is 10.2 Å². The van der Waals surface area contributed by atoms with Crippen LogP contribution in [0.25, 0.3) is 0 Å². The maximum atomic E-state index is 14.8. The third-order valence-electron chi connectivity index (χ3n) is 9.66. The van der Waals surface area contributed by atoms with E-state index in [-0.39, 0.29) is 44.5 Å². The van der Waals surface area contributed by atoms with Crippen LogP contribution in [0.4, 0.5) is 5.69 Å². The number of nitrogens with zero attached hydrogens (tertiary/aromatic N) is 2. The molecular weight excluding hydrogens is 634 g/mol. The Bertz CT molecular complexity index is 1510. The van der Waals surface area contributed by atoms with E-state index in [1.54, 1.807) is 28.0 Å². The topological polar surface area (TPSA) is 125 Å². The van der Waals surface area contributed by atoms with E-state index in [4.69, 9.17) is 21.1 Å². The molecule has 256 valence electrons. The molecule has 0 aliphatic carbocycles. The number of likely N-dealkylation sites (tertiary alicyclic amines) is 1. The lowest BCUT2D eigenvalue weighted by Crippen LogP contribution is -2.56. The average molecular weight is 678 g/mol. The van der Waals surface area contributed by atoms with Crippen LogP contribution in [0.15, 0.2) is 73.8 Å². The van der Waals surface area contributed by atoms with E-state index in [9.17, 15) is 24.3 Å². The number of halogens is 1. The number of aliphatic hydroxyl groups excluding tert-OH is 1. The van der Waals surface area contributed by atoms with Crippen molar-refractivity contribution in [3.05, 3.63) is 90.0 Å². The highest BCUT2D eigenvalue weighted by molar-refractivity contribution is 6.34. The van der Waals surface area contributed by atoms with Crippen LogP contribution >= 0.6 is 11.6 Å².